The zero-order valence-corrected chi connectivity index (χ0v) is 7.46. The molecule has 0 spiro atoms. The lowest BCUT2D eigenvalue weighted by molar-refractivity contribution is -0.138. The Kier molecular flexibility index (Phi) is 6.50. The third kappa shape index (κ3) is 5.99. The Morgan fingerprint density at radius 1 is 1.75 bits per heavy atom. The van der Waals surface area contributed by atoms with Crippen LogP contribution in [0.1, 0.15) is 12.8 Å². The molecule has 0 rings (SSSR count). The van der Waals surface area contributed by atoms with Crippen LogP contribution in [0.25, 0.3) is 0 Å². The summed E-state index contributed by atoms with van der Waals surface area (Å²) in [5, 5.41) is 11.7. The normalized spacial score (nSPS) is 13.4. The van der Waals surface area contributed by atoms with Gasteiger partial charge in [-0.2, -0.15) is 5.10 Å². The van der Waals surface area contributed by atoms with Crippen LogP contribution in [0.15, 0.2) is 5.10 Å². The summed E-state index contributed by atoms with van der Waals surface area (Å²) in [6.07, 6.45) is 1.24. The van der Waals surface area contributed by atoms with E-state index in [-0.39, 0.29) is 0 Å². The van der Waals surface area contributed by atoms with Crippen LogP contribution in [-0.2, 0) is 4.79 Å². The fraction of sp³-hybridized carbons (Fsp3) is 0.667. The second kappa shape index (κ2) is 6.93. The van der Waals surface area contributed by atoms with Gasteiger partial charge in [0.2, 0.25) is 0 Å². The predicted molar refractivity (Wildman–Crippen MR) is 50.0 cm³/mol. The molecule has 12 heavy (non-hydrogen) atoms. The Morgan fingerprint density at radius 2 is 2.42 bits per heavy atom. The van der Waals surface area contributed by atoms with Crippen LogP contribution in [-0.4, -0.2) is 28.4 Å². The van der Waals surface area contributed by atoms with Crippen LogP contribution in [0.4, 0.5) is 0 Å². The number of carboxylic acids is 1. The number of aliphatic carboxylic acids is 1. The van der Waals surface area contributed by atoms with Crippen molar-refractivity contribution in [3.8, 4) is 0 Å². The van der Waals surface area contributed by atoms with Gasteiger partial charge in [-0.3, -0.25) is 4.79 Å². The molecule has 0 saturated heterocycles. The summed E-state index contributed by atoms with van der Waals surface area (Å²) in [6.45, 7) is 0. The van der Waals surface area contributed by atoms with Crippen LogP contribution in [0.2, 0.25) is 0 Å². The van der Waals surface area contributed by atoms with Crippen LogP contribution in [0, 0.1) is 0 Å². The summed E-state index contributed by atoms with van der Waals surface area (Å²) >= 11 is 1.44. The number of rotatable bonds is 6. The summed E-state index contributed by atoms with van der Waals surface area (Å²) in [6, 6.07) is -0.750. The molecule has 0 aliphatic rings. The molecule has 0 fully saturated rings. The minimum atomic E-state index is -0.951. The fourth-order valence-corrected chi connectivity index (χ4v) is 1.13. The molecule has 0 aromatic heterocycles. The van der Waals surface area contributed by atoms with E-state index in [0.29, 0.717) is 6.42 Å². The van der Waals surface area contributed by atoms with Gasteiger partial charge < -0.3 is 16.7 Å². The first kappa shape index (κ1) is 11.2. The van der Waals surface area contributed by atoms with Crippen molar-refractivity contribution in [2.45, 2.75) is 18.9 Å². The van der Waals surface area contributed by atoms with Gasteiger partial charge in [0.1, 0.15) is 6.04 Å². The minimum absolute atomic E-state index is 0.487. The standard InChI is InChI=1S/C6H13N3O2S/c7-5(6(10)11)2-1-3-12-4-9-8/h4-5H,1-3,7-8H2,(H,10,11). The van der Waals surface area contributed by atoms with Gasteiger partial charge >= 0.3 is 5.97 Å². The Bertz CT molecular complexity index is 163. The first-order chi connectivity index (χ1) is 5.68. The van der Waals surface area contributed by atoms with Gasteiger partial charge in [-0.15, -0.1) is 11.8 Å². The van der Waals surface area contributed by atoms with Crippen LogP contribution in [0.3, 0.4) is 0 Å². The average molecular weight is 191 g/mol. The maximum Gasteiger partial charge on any atom is 0.320 e. The number of hydrogen-bond acceptors (Lipinski definition) is 5. The van der Waals surface area contributed by atoms with Crippen LogP contribution < -0.4 is 11.6 Å². The maximum absolute atomic E-state index is 10.2. The van der Waals surface area contributed by atoms with Crippen molar-refractivity contribution >= 4 is 23.3 Å². The van der Waals surface area contributed by atoms with E-state index in [2.05, 4.69) is 5.10 Å². The van der Waals surface area contributed by atoms with E-state index in [1.807, 2.05) is 0 Å². The fourth-order valence-electron chi connectivity index (χ4n) is 0.606. The lowest BCUT2D eigenvalue weighted by atomic mass is 10.2. The molecule has 0 aromatic rings. The van der Waals surface area contributed by atoms with Crippen molar-refractivity contribution in [3.05, 3.63) is 0 Å². The van der Waals surface area contributed by atoms with Crippen molar-refractivity contribution in [3.63, 3.8) is 0 Å². The molecular formula is C6H13N3O2S. The van der Waals surface area contributed by atoms with E-state index >= 15 is 0 Å². The van der Waals surface area contributed by atoms with Crippen molar-refractivity contribution in [1.29, 1.82) is 0 Å². The lowest BCUT2D eigenvalue weighted by Crippen LogP contribution is -2.29. The molecule has 0 bridgehead atoms. The molecule has 70 valence electrons. The lowest BCUT2D eigenvalue weighted by Gasteiger charge is -2.03. The molecule has 0 amide bonds. The van der Waals surface area contributed by atoms with Crippen molar-refractivity contribution in [2.24, 2.45) is 16.7 Å². The molecule has 0 saturated carbocycles. The van der Waals surface area contributed by atoms with Gasteiger partial charge in [0.15, 0.2) is 0 Å². The highest BCUT2D eigenvalue weighted by atomic mass is 32.2. The van der Waals surface area contributed by atoms with Crippen LogP contribution >= 0.6 is 11.8 Å². The second-order valence-corrected chi connectivity index (χ2v) is 3.16. The molecule has 1 atom stereocenters. The van der Waals surface area contributed by atoms with Gasteiger partial charge in [0.25, 0.3) is 0 Å². The van der Waals surface area contributed by atoms with Gasteiger partial charge in [-0.05, 0) is 18.6 Å². The summed E-state index contributed by atoms with van der Waals surface area (Å²) in [4.78, 5) is 10.2. The number of hydrogen-bond donors (Lipinski definition) is 3. The van der Waals surface area contributed by atoms with Crippen molar-refractivity contribution in [2.75, 3.05) is 5.75 Å². The van der Waals surface area contributed by atoms with E-state index in [9.17, 15) is 4.79 Å². The first-order valence-corrected chi connectivity index (χ1v) is 4.55. The Labute approximate surface area is 75.2 Å². The van der Waals surface area contributed by atoms with E-state index in [1.165, 1.54) is 17.3 Å². The Balaban J connectivity index is 3.25. The largest absolute Gasteiger partial charge is 0.480 e. The first-order valence-electron chi connectivity index (χ1n) is 3.50. The SMILES string of the molecule is NN=CSCCCC(N)C(=O)O. The monoisotopic (exact) mass is 191 g/mol. The van der Waals surface area contributed by atoms with E-state index in [1.54, 1.807) is 0 Å². The summed E-state index contributed by atoms with van der Waals surface area (Å²) in [7, 11) is 0. The van der Waals surface area contributed by atoms with Crippen molar-refractivity contribution < 1.29 is 9.90 Å². The number of carbonyl (C=O) groups is 1. The third-order valence-electron chi connectivity index (χ3n) is 1.23. The Hall–Kier alpha value is -0.750. The van der Waals surface area contributed by atoms with E-state index < -0.39 is 12.0 Å². The zero-order chi connectivity index (χ0) is 9.40. The minimum Gasteiger partial charge on any atom is -0.480 e. The average Bonchev–Trinajstić information content (AvgIpc) is 2.03. The molecule has 6 heteroatoms. The third-order valence-corrected chi connectivity index (χ3v) is 2.03. The Morgan fingerprint density at radius 3 is 2.92 bits per heavy atom. The molecule has 0 aromatic carbocycles. The molecule has 0 heterocycles. The highest BCUT2D eigenvalue weighted by molar-refractivity contribution is 8.12. The van der Waals surface area contributed by atoms with Crippen LogP contribution in [0.5, 0.6) is 0 Å². The molecule has 1 unspecified atom stereocenters. The number of nitrogens with two attached hydrogens (primary N) is 2. The quantitative estimate of drug-likeness (QED) is 0.178. The van der Waals surface area contributed by atoms with Crippen molar-refractivity contribution in [1.82, 2.24) is 0 Å². The van der Waals surface area contributed by atoms with Gasteiger partial charge in [-0.25, -0.2) is 0 Å². The summed E-state index contributed by atoms with van der Waals surface area (Å²) in [5.74, 6) is 4.69. The highest BCUT2D eigenvalue weighted by Crippen LogP contribution is 2.02. The summed E-state index contributed by atoms with van der Waals surface area (Å²) < 4.78 is 0. The molecular weight excluding hydrogens is 178 g/mol. The predicted octanol–water partition coefficient (Wildman–Crippen LogP) is -0.186. The highest BCUT2D eigenvalue weighted by Gasteiger charge is 2.09. The molecule has 0 radical (unpaired) electrons. The van der Waals surface area contributed by atoms with E-state index in [4.69, 9.17) is 16.7 Å². The topological polar surface area (TPSA) is 102 Å². The number of thioether (sulfide) groups is 1. The number of carboxylic acid groups (broad SMARTS) is 1. The van der Waals surface area contributed by atoms with E-state index in [0.717, 1.165) is 12.2 Å². The van der Waals surface area contributed by atoms with Gasteiger partial charge in [0.05, 0.1) is 5.55 Å². The smallest absolute Gasteiger partial charge is 0.320 e. The number of nitrogens with zero attached hydrogens (tertiary/aromatic N) is 1. The molecule has 5 nitrogen and oxygen atoms in total. The molecule has 0 aliphatic carbocycles. The zero-order valence-electron chi connectivity index (χ0n) is 6.64. The number of hydrazone groups is 1. The molecule has 0 aliphatic heterocycles. The molecule has 5 N–H and O–H groups in total. The van der Waals surface area contributed by atoms with Gasteiger partial charge in [-0.1, -0.05) is 0 Å². The van der Waals surface area contributed by atoms with Gasteiger partial charge in [0, 0.05) is 0 Å². The second-order valence-electron chi connectivity index (χ2n) is 2.21. The maximum atomic E-state index is 10.2. The summed E-state index contributed by atoms with van der Waals surface area (Å²) in [5.41, 5.74) is 6.78.